The van der Waals surface area contributed by atoms with Crippen molar-refractivity contribution in [2.24, 2.45) is 0 Å². The van der Waals surface area contributed by atoms with Gasteiger partial charge in [-0.2, -0.15) is 9.78 Å². The topological polar surface area (TPSA) is 138 Å². The number of aromatic amines is 1. The first-order chi connectivity index (χ1) is 9.93. The summed E-state index contributed by atoms with van der Waals surface area (Å²) in [6.07, 6.45) is -3.82. The highest BCUT2D eigenvalue weighted by molar-refractivity contribution is 5.22. The van der Waals surface area contributed by atoms with E-state index in [9.17, 15) is 24.2 Å². The molecule has 1 aliphatic rings. The van der Waals surface area contributed by atoms with Crippen LogP contribution in [0.5, 0.6) is 0 Å². The van der Waals surface area contributed by atoms with Crippen molar-refractivity contribution in [3.63, 3.8) is 0 Å². The summed E-state index contributed by atoms with van der Waals surface area (Å²) in [5.74, 6) is 4.00. The number of rotatable bonds is 2. The molecule has 0 spiro atoms. The van der Waals surface area contributed by atoms with E-state index in [1.165, 1.54) is 0 Å². The Morgan fingerprint density at radius 3 is 2.86 bits per heavy atom. The van der Waals surface area contributed by atoms with E-state index in [0.29, 0.717) is 4.68 Å². The summed E-state index contributed by atoms with van der Waals surface area (Å²) in [4.78, 5) is 24.5. The smallest absolute Gasteiger partial charge is 0.347 e. The van der Waals surface area contributed by atoms with E-state index in [0.717, 1.165) is 6.20 Å². The Morgan fingerprint density at radius 2 is 2.29 bits per heavy atom. The van der Waals surface area contributed by atoms with Crippen LogP contribution in [0.15, 0.2) is 15.8 Å². The molecule has 1 fully saturated rings. The maximum atomic E-state index is 12.2. The highest BCUT2D eigenvalue weighted by atomic mass is 19.1. The molecule has 0 bridgehead atoms. The third-order valence-electron chi connectivity index (χ3n) is 2.98. The first-order valence-electron chi connectivity index (χ1n) is 5.85. The highest BCUT2D eigenvalue weighted by Crippen LogP contribution is 2.36. The van der Waals surface area contributed by atoms with Gasteiger partial charge in [0, 0.05) is 0 Å². The SMILES string of the molecule is O=c1cnn([C@@H]2O[C@H](CO)[C@H](O)C2(O)C#CCF)c(=O)[nH]1. The second-order valence-corrected chi connectivity index (χ2v) is 4.30. The average molecular weight is 301 g/mol. The Bertz CT molecular complexity index is 691. The van der Waals surface area contributed by atoms with E-state index < -0.39 is 48.6 Å². The van der Waals surface area contributed by atoms with Gasteiger partial charge in [0.15, 0.2) is 6.23 Å². The average Bonchev–Trinajstić information content (AvgIpc) is 2.70. The molecule has 0 aliphatic carbocycles. The van der Waals surface area contributed by atoms with Gasteiger partial charge in [0.25, 0.3) is 5.56 Å². The minimum absolute atomic E-state index is 0.549. The van der Waals surface area contributed by atoms with E-state index in [4.69, 9.17) is 9.84 Å². The number of H-pyrrole nitrogens is 1. The summed E-state index contributed by atoms with van der Waals surface area (Å²) in [5, 5.41) is 32.9. The molecule has 1 aromatic rings. The Balaban J connectivity index is 2.53. The zero-order valence-corrected chi connectivity index (χ0v) is 10.6. The number of aromatic nitrogens is 3. The van der Waals surface area contributed by atoms with Gasteiger partial charge in [-0.1, -0.05) is 11.8 Å². The molecule has 1 aliphatic heterocycles. The van der Waals surface area contributed by atoms with Crippen molar-refractivity contribution >= 4 is 0 Å². The Morgan fingerprint density at radius 1 is 1.57 bits per heavy atom. The van der Waals surface area contributed by atoms with Crippen molar-refractivity contribution < 1.29 is 24.4 Å². The lowest BCUT2D eigenvalue weighted by Gasteiger charge is -2.25. The molecule has 2 heterocycles. The molecule has 4 atom stereocenters. The number of hydrogen-bond donors (Lipinski definition) is 4. The Kier molecular flexibility index (Phi) is 4.19. The molecule has 2 rings (SSSR count). The monoisotopic (exact) mass is 301 g/mol. The zero-order chi connectivity index (χ0) is 15.6. The van der Waals surface area contributed by atoms with Gasteiger partial charge in [0.05, 0.1) is 6.61 Å². The van der Waals surface area contributed by atoms with Gasteiger partial charge in [0.2, 0.25) is 5.60 Å². The molecule has 1 unspecified atom stereocenters. The molecule has 10 heteroatoms. The molecular weight excluding hydrogens is 289 g/mol. The lowest BCUT2D eigenvalue weighted by Crippen LogP contribution is -2.49. The minimum atomic E-state index is -2.37. The summed E-state index contributed by atoms with van der Waals surface area (Å²) >= 11 is 0. The molecule has 0 amide bonds. The van der Waals surface area contributed by atoms with E-state index in [1.54, 1.807) is 0 Å². The number of nitrogens with zero attached hydrogens (tertiary/aromatic N) is 2. The van der Waals surface area contributed by atoms with Crippen LogP contribution in [-0.2, 0) is 4.74 Å². The summed E-state index contributed by atoms with van der Waals surface area (Å²) in [7, 11) is 0. The van der Waals surface area contributed by atoms with Crippen LogP contribution in [0.4, 0.5) is 4.39 Å². The van der Waals surface area contributed by atoms with E-state index in [2.05, 4.69) is 11.0 Å². The number of aliphatic hydroxyl groups is 3. The lowest BCUT2D eigenvalue weighted by atomic mass is 9.95. The van der Waals surface area contributed by atoms with Crippen LogP contribution in [0.1, 0.15) is 6.23 Å². The quantitative estimate of drug-likeness (QED) is 0.424. The fourth-order valence-corrected chi connectivity index (χ4v) is 2.00. The van der Waals surface area contributed by atoms with Crippen LogP contribution in [0.25, 0.3) is 0 Å². The van der Waals surface area contributed by atoms with Crippen molar-refractivity contribution in [3.8, 4) is 11.8 Å². The molecule has 0 radical (unpaired) electrons. The third-order valence-corrected chi connectivity index (χ3v) is 2.98. The third kappa shape index (κ3) is 2.59. The van der Waals surface area contributed by atoms with Gasteiger partial charge in [-0.15, -0.1) is 0 Å². The van der Waals surface area contributed by atoms with Gasteiger partial charge in [0.1, 0.15) is 25.1 Å². The first-order valence-corrected chi connectivity index (χ1v) is 5.85. The fourth-order valence-electron chi connectivity index (χ4n) is 2.00. The van der Waals surface area contributed by atoms with Gasteiger partial charge in [-0.3, -0.25) is 9.78 Å². The molecule has 4 N–H and O–H groups in total. The largest absolute Gasteiger partial charge is 0.394 e. The second-order valence-electron chi connectivity index (χ2n) is 4.30. The summed E-state index contributed by atoms with van der Waals surface area (Å²) in [6.45, 7) is -1.77. The summed E-state index contributed by atoms with van der Waals surface area (Å²) in [5.41, 5.74) is -4.15. The van der Waals surface area contributed by atoms with Gasteiger partial charge in [-0.05, 0) is 0 Å². The van der Waals surface area contributed by atoms with E-state index >= 15 is 0 Å². The molecule has 1 aromatic heterocycles. The minimum Gasteiger partial charge on any atom is -0.394 e. The molecular formula is C11H12FN3O6. The number of ether oxygens (including phenoxy) is 1. The Labute approximate surface area is 116 Å². The molecule has 114 valence electrons. The normalized spacial score (nSPS) is 31.7. The van der Waals surface area contributed by atoms with Crippen molar-refractivity contribution in [1.29, 1.82) is 0 Å². The van der Waals surface area contributed by atoms with Crippen molar-refractivity contribution in [3.05, 3.63) is 27.0 Å². The van der Waals surface area contributed by atoms with Crippen molar-refractivity contribution in [2.45, 2.75) is 24.0 Å². The van der Waals surface area contributed by atoms with Crippen LogP contribution >= 0.6 is 0 Å². The standard InChI is InChI=1S/C11H12FN3O6/c12-3-1-2-11(20)8(18)6(5-16)21-9(11)15-10(19)14-7(17)4-13-15/h4,6,8-9,16,18,20H,3,5H2,(H,14,17,19)/t6-,8+,9-,11?/m1/s1. The van der Waals surface area contributed by atoms with Crippen LogP contribution in [-0.4, -0.2) is 61.2 Å². The number of hydrogen-bond acceptors (Lipinski definition) is 7. The number of nitrogens with one attached hydrogen (secondary N) is 1. The van der Waals surface area contributed by atoms with Crippen molar-refractivity contribution in [1.82, 2.24) is 14.8 Å². The molecule has 0 aromatic carbocycles. The van der Waals surface area contributed by atoms with Crippen LogP contribution < -0.4 is 11.2 Å². The fraction of sp³-hybridized carbons (Fsp3) is 0.545. The second kappa shape index (κ2) is 5.74. The van der Waals surface area contributed by atoms with Crippen LogP contribution in [0.2, 0.25) is 0 Å². The Hall–Kier alpha value is -2.06. The van der Waals surface area contributed by atoms with E-state index in [1.807, 2.05) is 10.9 Å². The number of halogens is 1. The lowest BCUT2D eigenvalue weighted by molar-refractivity contribution is -0.0838. The van der Waals surface area contributed by atoms with E-state index in [-0.39, 0.29) is 0 Å². The predicted molar refractivity (Wildman–Crippen MR) is 64.8 cm³/mol. The highest BCUT2D eigenvalue weighted by Gasteiger charge is 2.56. The van der Waals surface area contributed by atoms with Crippen LogP contribution in [0, 0.1) is 11.8 Å². The molecule has 1 saturated heterocycles. The van der Waals surface area contributed by atoms with Gasteiger partial charge < -0.3 is 20.1 Å². The molecule has 21 heavy (non-hydrogen) atoms. The number of aliphatic hydroxyl groups excluding tert-OH is 2. The maximum absolute atomic E-state index is 12.2. The molecule has 9 nitrogen and oxygen atoms in total. The molecule has 0 saturated carbocycles. The number of alkyl halides is 1. The first kappa shape index (κ1) is 15.3. The zero-order valence-electron chi connectivity index (χ0n) is 10.6. The van der Waals surface area contributed by atoms with Crippen molar-refractivity contribution in [2.75, 3.05) is 13.3 Å². The van der Waals surface area contributed by atoms with Gasteiger partial charge in [-0.25, -0.2) is 9.18 Å². The predicted octanol–water partition coefficient (Wildman–Crippen LogP) is -3.11. The summed E-state index contributed by atoms with van der Waals surface area (Å²) < 4.78 is 17.9. The maximum Gasteiger partial charge on any atom is 0.347 e. The summed E-state index contributed by atoms with van der Waals surface area (Å²) in [6, 6.07) is 0. The van der Waals surface area contributed by atoms with Gasteiger partial charge >= 0.3 is 5.69 Å². The van der Waals surface area contributed by atoms with Crippen LogP contribution in [0.3, 0.4) is 0 Å².